The van der Waals surface area contributed by atoms with Crippen molar-refractivity contribution in [1.29, 1.82) is 0 Å². The third kappa shape index (κ3) is 3.32. The molecule has 2 heterocycles. The molecule has 2 aromatic heterocycles. The second-order valence-corrected chi connectivity index (χ2v) is 6.56. The maximum Gasteiger partial charge on any atom is 0.346 e. The number of thiophene rings is 1. The predicted octanol–water partition coefficient (Wildman–Crippen LogP) is 3.93. The molecule has 2 N–H and O–H groups in total. The van der Waals surface area contributed by atoms with Crippen LogP contribution in [0.2, 0.25) is 0 Å². The Morgan fingerprint density at radius 1 is 1.43 bits per heavy atom. The van der Waals surface area contributed by atoms with Crippen molar-refractivity contribution < 1.29 is 9.90 Å². The number of fused-ring (bicyclic) bond motifs is 1. The number of anilines is 1. The minimum Gasteiger partial charge on any atom is -0.477 e. The van der Waals surface area contributed by atoms with Gasteiger partial charge in [0.2, 0.25) is 0 Å². The van der Waals surface area contributed by atoms with E-state index in [9.17, 15) is 9.90 Å². The lowest BCUT2D eigenvalue weighted by molar-refractivity contribution is 0.0701. The van der Waals surface area contributed by atoms with Crippen LogP contribution in [0.3, 0.4) is 0 Å². The summed E-state index contributed by atoms with van der Waals surface area (Å²) in [6.07, 6.45) is 3.69. The summed E-state index contributed by atoms with van der Waals surface area (Å²) in [4.78, 5) is 20.8. The number of aromatic nitrogens is 2. The zero-order valence-electron chi connectivity index (χ0n) is 12.8. The fourth-order valence-electron chi connectivity index (χ4n) is 2.45. The molecular weight excluding hydrogens is 286 g/mol. The normalized spacial score (nSPS) is 14.1. The standard InChI is InChI=1S/C15H21N3O2S/c1-5-8(2)6-9(3)18-13-11-10(4)12(15(19)20)21-14(11)17-7-16-13/h7-9H,5-6H2,1-4H3,(H,19,20)(H,16,17,18). The van der Waals surface area contributed by atoms with Crippen molar-refractivity contribution in [2.45, 2.75) is 46.6 Å². The number of aryl methyl sites for hydroxylation is 1. The van der Waals surface area contributed by atoms with Gasteiger partial charge in [-0.05, 0) is 31.7 Å². The van der Waals surface area contributed by atoms with Crippen LogP contribution in [-0.4, -0.2) is 27.1 Å². The van der Waals surface area contributed by atoms with Gasteiger partial charge in [0.1, 0.15) is 21.9 Å². The van der Waals surface area contributed by atoms with Crippen molar-refractivity contribution in [1.82, 2.24) is 9.97 Å². The van der Waals surface area contributed by atoms with Crippen LogP contribution in [0.15, 0.2) is 6.33 Å². The number of aromatic carboxylic acids is 1. The summed E-state index contributed by atoms with van der Waals surface area (Å²) in [5, 5.41) is 13.5. The van der Waals surface area contributed by atoms with Crippen molar-refractivity contribution in [3.05, 3.63) is 16.8 Å². The van der Waals surface area contributed by atoms with Crippen molar-refractivity contribution in [3.8, 4) is 0 Å². The lowest BCUT2D eigenvalue weighted by Crippen LogP contribution is -2.19. The van der Waals surface area contributed by atoms with Crippen LogP contribution in [0.1, 0.15) is 48.8 Å². The molecule has 0 fully saturated rings. The first kappa shape index (κ1) is 15.7. The lowest BCUT2D eigenvalue weighted by Gasteiger charge is -2.18. The fourth-order valence-corrected chi connectivity index (χ4v) is 3.44. The van der Waals surface area contributed by atoms with E-state index in [0.717, 1.165) is 34.4 Å². The molecule has 0 aromatic carbocycles. The van der Waals surface area contributed by atoms with Crippen LogP contribution in [0.4, 0.5) is 5.82 Å². The van der Waals surface area contributed by atoms with Gasteiger partial charge in [0, 0.05) is 6.04 Å². The van der Waals surface area contributed by atoms with E-state index < -0.39 is 5.97 Å². The van der Waals surface area contributed by atoms with Crippen molar-refractivity contribution in [2.75, 3.05) is 5.32 Å². The number of rotatable bonds is 6. The largest absolute Gasteiger partial charge is 0.477 e. The summed E-state index contributed by atoms with van der Waals surface area (Å²) in [7, 11) is 0. The third-order valence-corrected chi connectivity index (χ3v) is 4.94. The van der Waals surface area contributed by atoms with Crippen LogP contribution < -0.4 is 5.32 Å². The van der Waals surface area contributed by atoms with Crippen LogP contribution in [-0.2, 0) is 0 Å². The SMILES string of the molecule is CCC(C)CC(C)Nc1ncnc2sc(C(=O)O)c(C)c12. The number of hydrogen-bond acceptors (Lipinski definition) is 5. The summed E-state index contributed by atoms with van der Waals surface area (Å²) in [5.41, 5.74) is 0.737. The van der Waals surface area contributed by atoms with Gasteiger partial charge in [-0.25, -0.2) is 14.8 Å². The molecule has 0 amide bonds. The number of hydrogen-bond donors (Lipinski definition) is 2. The molecule has 114 valence electrons. The van der Waals surface area contributed by atoms with E-state index in [1.54, 1.807) is 0 Å². The van der Waals surface area contributed by atoms with Gasteiger partial charge in [-0.1, -0.05) is 20.3 Å². The maximum absolute atomic E-state index is 11.3. The molecule has 0 aliphatic heterocycles. The van der Waals surface area contributed by atoms with Gasteiger partial charge < -0.3 is 10.4 Å². The van der Waals surface area contributed by atoms with E-state index in [2.05, 4.69) is 36.1 Å². The van der Waals surface area contributed by atoms with Crippen molar-refractivity contribution >= 4 is 33.3 Å². The zero-order valence-corrected chi connectivity index (χ0v) is 13.6. The van der Waals surface area contributed by atoms with Gasteiger partial charge >= 0.3 is 5.97 Å². The Morgan fingerprint density at radius 2 is 2.14 bits per heavy atom. The molecule has 6 heteroatoms. The monoisotopic (exact) mass is 307 g/mol. The molecule has 21 heavy (non-hydrogen) atoms. The van der Waals surface area contributed by atoms with E-state index >= 15 is 0 Å². The van der Waals surface area contributed by atoms with E-state index in [1.165, 1.54) is 17.7 Å². The summed E-state index contributed by atoms with van der Waals surface area (Å²) >= 11 is 1.20. The van der Waals surface area contributed by atoms with Gasteiger partial charge in [0.15, 0.2) is 0 Å². The zero-order chi connectivity index (χ0) is 15.6. The van der Waals surface area contributed by atoms with Crippen molar-refractivity contribution in [2.24, 2.45) is 5.92 Å². The highest BCUT2D eigenvalue weighted by Gasteiger charge is 2.19. The fraction of sp³-hybridized carbons (Fsp3) is 0.533. The average molecular weight is 307 g/mol. The molecule has 2 aromatic rings. The van der Waals surface area contributed by atoms with Crippen LogP contribution in [0.5, 0.6) is 0 Å². The number of carboxylic acids is 1. The molecule has 0 aliphatic rings. The number of carboxylic acid groups (broad SMARTS) is 1. The topological polar surface area (TPSA) is 75.1 Å². The highest BCUT2D eigenvalue weighted by Crippen LogP contribution is 2.33. The van der Waals surface area contributed by atoms with E-state index in [4.69, 9.17) is 0 Å². The van der Waals surface area contributed by atoms with E-state index in [1.807, 2.05) is 6.92 Å². The molecule has 5 nitrogen and oxygen atoms in total. The van der Waals surface area contributed by atoms with Crippen LogP contribution in [0.25, 0.3) is 10.2 Å². The van der Waals surface area contributed by atoms with Gasteiger partial charge in [0.25, 0.3) is 0 Å². The molecule has 0 radical (unpaired) electrons. The third-order valence-electron chi connectivity index (χ3n) is 3.76. The highest BCUT2D eigenvalue weighted by molar-refractivity contribution is 7.20. The smallest absolute Gasteiger partial charge is 0.346 e. The Morgan fingerprint density at radius 3 is 2.76 bits per heavy atom. The molecule has 0 saturated heterocycles. The Labute approximate surface area is 128 Å². The number of nitrogens with one attached hydrogen (secondary N) is 1. The molecule has 2 atom stereocenters. The first-order chi connectivity index (χ1) is 9.93. The summed E-state index contributed by atoms with van der Waals surface area (Å²) in [6.45, 7) is 8.35. The lowest BCUT2D eigenvalue weighted by atomic mass is 10.0. The summed E-state index contributed by atoms with van der Waals surface area (Å²) < 4.78 is 0. The predicted molar refractivity (Wildman–Crippen MR) is 86.3 cm³/mol. The van der Waals surface area contributed by atoms with E-state index in [-0.39, 0.29) is 6.04 Å². The average Bonchev–Trinajstić information content (AvgIpc) is 2.77. The molecule has 2 rings (SSSR count). The van der Waals surface area contributed by atoms with Crippen LogP contribution in [0, 0.1) is 12.8 Å². The molecule has 0 saturated carbocycles. The van der Waals surface area contributed by atoms with Gasteiger partial charge in [0.05, 0.1) is 5.39 Å². The van der Waals surface area contributed by atoms with E-state index in [0.29, 0.717) is 10.8 Å². The maximum atomic E-state index is 11.3. The minimum atomic E-state index is -0.908. The van der Waals surface area contributed by atoms with Gasteiger partial charge in [-0.15, -0.1) is 11.3 Å². The summed E-state index contributed by atoms with van der Waals surface area (Å²) in [6, 6.07) is 0.283. The number of nitrogens with zero attached hydrogens (tertiary/aromatic N) is 2. The first-order valence-corrected chi connectivity index (χ1v) is 7.99. The quantitative estimate of drug-likeness (QED) is 0.845. The number of carbonyl (C=O) groups is 1. The Balaban J connectivity index is 2.34. The highest BCUT2D eigenvalue weighted by atomic mass is 32.1. The molecule has 0 aliphatic carbocycles. The molecule has 0 spiro atoms. The minimum absolute atomic E-state index is 0.283. The molecule has 0 bridgehead atoms. The van der Waals surface area contributed by atoms with Gasteiger partial charge in [-0.2, -0.15) is 0 Å². The Kier molecular flexibility index (Phi) is 4.77. The Hall–Kier alpha value is -1.69. The first-order valence-electron chi connectivity index (χ1n) is 7.17. The second kappa shape index (κ2) is 6.39. The molecular formula is C15H21N3O2S. The summed E-state index contributed by atoms with van der Waals surface area (Å²) in [5.74, 6) is 0.467. The van der Waals surface area contributed by atoms with Crippen molar-refractivity contribution in [3.63, 3.8) is 0 Å². The van der Waals surface area contributed by atoms with Crippen LogP contribution >= 0.6 is 11.3 Å². The second-order valence-electron chi connectivity index (χ2n) is 5.56. The molecule has 2 unspecified atom stereocenters. The van der Waals surface area contributed by atoms with Gasteiger partial charge in [-0.3, -0.25) is 0 Å². The Bertz CT molecular complexity index is 654.